The second-order valence-electron chi connectivity index (χ2n) is 2.81. The fourth-order valence-corrected chi connectivity index (χ4v) is 0.840. The van der Waals surface area contributed by atoms with E-state index < -0.39 is 0 Å². The zero-order valence-electron chi connectivity index (χ0n) is 5.27. The van der Waals surface area contributed by atoms with Crippen molar-refractivity contribution in [3.8, 4) is 0 Å². The largest absolute Gasteiger partial charge is 0.329 e. The molecule has 0 aromatic carbocycles. The first-order valence-electron chi connectivity index (χ1n) is 2.82. The maximum atomic E-state index is 10.0. The summed E-state index contributed by atoms with van der Waals surface area (Å²) in [4.78, 5) is 11.7. The highest BCUT2D eigenvalue weighted by molar-refractivity contribution is 5.51. The lowest BCUT2D eigenvalue weighted by Crippen LogP contribution is -2.54. The minimum Gasteiger partial charge on any atom is -0.329 e. The molecule has 0 spiro atoms. The topological polar surface area (TPSA) is 20.3 Å². The van der Waals surface area contributed by atoms with Crippen LogP contribution in [0.3, 0.4) is 0 Å². The van der Waals surface area contributed by atoms with E-state index in [9.17, 15) is 4.79 Å². The van der Waals surface area contributed by atoms with Gasteiger partial charge >= 0.3 is 6.41 Å². The quantitative estimate of drug-likeness (QED) is 0.484. The van der Waals surface area contributed by atoms with Crippen LogP contribution in [-0.2, 0) is 4.79 Å². The molecular formula is C6H10NO. The number of carbonyl (C=O) groups excluding carboxylic acids is 1. The summed E-state index contributed by atoms with van der Waals surface area (Å²) < 4.78 is 0. The molecule has 0 N–H and O–H groups in total. The van der Waals surface area contributed by atoms with Crippen molar-refractivity contribution < 1.29 is 4.79 Å². The van der Waals surface area contributed by atoms with Crippen LogP contribution in [0.25, 0.3) is 0 Å². The predicted octanol–water partition coefficient (Wildman–Crippen LogP) is 0.538. The van der Waals surface area contributed by atoms with Crippen molar-refractivity contribution in [1.82, 2.24) is 4.90 Å². The Labute approximate surface area is 49.5 Å². The molecule has 1 fully saturated rings. The van der Waals surface area contributed by atoms with Gasteiger partial charge in [-0.1, -0.05) is 0 Å². The van der Waals surface area contributed by atoms with E-state index in [-0.39, 0.29) is 5.54 Å². The van der Waals surface area contributed by atoms with Crippen LogP contribution < -0.4 is 0 Å². The minimum absolute atomic E-state index is 0.0990. The molecule has 2 heteroatoms. The van der Waals surface area contributed by atoms with Gasteiger partial charge in [0.15, 0.2) is 0 Å². The van der Waals surface area contributed by atoms with Gasteiger partial charge in [0.05, 0.1) is 0 Å². The van der Waals surface area contributed by atoms with Gasteiger partial charge in [-0.2, -0.15) is 0 Å². The summed E-state index contributed by atoms with van der Waals surface area (Å²) in [5.41, 5.74) is 0.0990. The van der Waals surface area contributed by atoms with Crippen molar-refractivity contribution >= 4 is 6.41 Å². The first-order valence-corrected chi connectivity index (χ1v) is 2.82. The molecule has 1 rings (SSSR count). The molecule has 0 atom stereocenters. The lowest BCUT2D eigenvalue weighted by molar-refractivity contribution is 0.0908. The van der Waals surface area contributed by atoms with Gasteiger partial charge in [0.1, 0.15) is 0 Å². The third kappa shape index (κ3) is 0.602. The fraction of sp³-hybridized carbons (Fsp3) is 0.833. The molecular weight excluding hydrogens is 102 g/mol. The number of amides is 1. The number of likely N-dealkylation sites (tertiary alicyclic amines) is 1. The first kappa shape index (κ1) is 5.60. The Hall–Kier alpha value is -0.530. The van der Waals surface area contributed by atoms with Crippen molar-refractivity contribution in [1.29, 1.82) is 0 Å². The molecule has 0 saturated carbocycles. The molecule has 1 heterocycles. The summed E-state index contributed by atoms with van der Waals surface area (Å²) in [5, 5.41) is 0. The fourth-order valence-electron chi connectivity index (χ4n) is 0.840. The van der Waals surface area contributed by atoms with Crippen molar-refractivity contribution in [3.05, 3.63) is 0 Å². The van der Waals surface area contributed by atoms with Gasteiger partial charge in [-0.25, -0.2) is 0 Å². The van der Waals surface area contributed by atoms with Gasteiger partial charge in [-0.15, -0.1) is 0 Å². The average molecular weight is 112 g/mol. The third-order valence-corrected chi connectivity index (χ3v) is 1.79. The highest BCUT2D eigenvalue weighted by atomic mass is 16.1. The summed E-state index contributed by atoms with van der Waals surface area (Å²) in [5.74, 6) is 0. The highest BCUT2D eigenvalue weighted by Gasteiger charge is 2.34. The smallest absolute Gasteiger partial charge is 0.312 e. The second kappa shape index (κ2) is 1.47. The molecule has 0 aliphatic carbocycles. The first-order chi connectivity index (χ1) is 3.67. The van der Waals surface area contributed by atoms with Crippen molar-refractivity contribution in [2.75, 3.05) is 6.54 Å². The molecule has 0 aromatic heterocycles. The average Bonchev–Trinajstić information content (AvgIpc) is 1.66. The molecule has 0 unspecified atom stereocenters. The summed E-state index contributed by atoms with van der Waals surface area (Å²) in [7, 11) is 0. The van der Waals surface area contributed by atoms with Crippen LogP contribution in [0, 0.1) is 0 Å². The van der Waals surface area contributed by atoms with E-state index in [1.165, 1.54) is 0 Å². The van der Waals surface area contributed by atoms with E-state index in [0.29, 0.717) is 0 Å². The molecule has 8 heavy (non-hydrogen) atoms. The van der Waals surface area contributed by atoms with Gasteiger partial charge in [-0.3, -0.25) is 4.79 Å². The predicted molar refractivity (Wildman–Crippen MR) is 31.1 cm³/mol. The molecule has 1 amide bonds. The van der Waals surface area contributed by atoms with E-state index >= 15 is 0 Å². The van der Waals surface area contributed by atoms with Crippen LogP contribution in [-0.4, -0.2) is 23.4 Å². The Morgan fingerprint density at radius 2 is 2.25 bits per heavy atom. The maximum Gasteiger partial charge on any atom is 0.312 e. The number of hydrogen-bond donors (Lipinski definition) is 0. The molecule has 1 radical (unpaired) electrons. The Morgan fingerprint density at radius 1 is 1.62 bits per heavy atom. The Bertz CT molecular complexity index is 109. The number of hydrogen-bond acceptors (Lipinski definition) is 1. The minimum atomic E-state index is 0.0990. The summed E-state index contributed by atoms with van der Waals surface area (Å²) in [6.07, 6.45) is 2.99. The Kier molecular flexibility index (Phi) is 1.03. The van der Waals surface area contributed by atoms with Crippen LogP contribution in [0.15, 0.2) is 0 Å². The van der Waals surface area contributed by atoms with Crippen molar-refractivity contribution in [2.24, 2.45) is 0 Å². The normalized spacial score (nSPS) is 24.5. The molecule has 1 saturated heterocycles. The standard InChI is InChI=1S/C6H10NO/c1-6(2)3-4-7(6)5-8/h3-4H2,1-2H3. The zero-order chi connectivity index (χ0) is 6.20. The van der Waals surface area contributed by atoms with Crippen LogP contribution in [0.4, 0.5) is 0 Å². The number of nitrogens with zero attached hydrogens (tertiary/aromatic N) is 1. The van der Waals surface area contributed by atoms with E-state index in [1.807, 2.05) is 20.3 Å². The maximum absolute atomic E-state index is 10.0. The third-order valence-electron chi connectivity index (χ3n) is 1.79. The molecule has 0 aromatic rings. The van der Waals surface area contributed by atoms with Gasteiger partial charge in [0.2, 0.25) is 0 Å². The molecule has 1 aliphatic heterocycles. The van der Waals surface area contributed by atoms with E-state index in [1.54, 1.807) is 4.90 Å². The zero-order valence-corrected chi connectivity index (χ0v) is 5.27. The number of rotatable bonds is 1. The van der Waals surface area contributed by atoms with E-state index in [2.05, 4.69) is 0 Å². The SMILES string of the molecule is CC1(C)CCN1[C]=O. The summed E-state index contributed by atoms with van der Waals surface area (Å²) in [6, 6.07) is 0. The van der Waals surface area contributed by atoms with Gasteiger partial charge in [-0.05, 0) is 20.3 Å². The van der Waals surface area contributed by atoms with Crippen molar-refractivity contribution in [3.63, 3.8) is 0 Å². The molecule has 45 valence electrons. The van der Waals surface area contributed by atoms with Gasteiger partial charge < -0.3 is 4.90 Å². The van der Waals surface area contributed by atoms with Crippen molar-refractivity contribution in [2.45, 2.75) is 25.8 Å². The molecule has 0 bridgehead atoms. The van der Waals surface area contributed by atoms with Crippen LogP contribution in [0.2, 0.25) is 0 Å². The summed E-state index contributed by atoms with van der Waals surface area (Å²) in [6.45, 7) is 4.97. The van der Waals surface area contributed by atoms with E-state index in [4.69, 9.17) is 0 Å². The molecule has 1 aliphatic rings. The lowest BCUT2D eigenvalue weighted by atomic mass is 9.90. The monoisotopic (exact) mass is 112 g/mol. The van der Waals surface area contributed by atoms with Crippen LogP contribution in [0.5, 0.6) is 0 Å². The highest BCUT2D eigenvalue weighted by Crippen LogP contribution is 2.26. The van der Waals surface area contributed by atoms with Gasteiger partial charge in [0.25, 0.3) is 0 Å². The Balaban J connectivity index is 2.49. The van der Waals surface area contributed by atoms with Crippen LogP contribution >= 0.6 is 0 Å². The second-order valence-corrected chi connectivity index (χ2v) is 2.81. The van der Waals surface area contributed by atoms with E-state index in [0.717, 1.165) is 13.0 Å². The molecule has 2 nitrogen and oxygen atoms in total. The van der Waals surface area contributed by atoms with Gasteiger partial charge in [0, 0.05) is 12.1 Å². The lowest BCUT2D eigenvalue weighted by Gasteiger charge is -2.45. The summed E-state index contributed by atoms with van der Waals surface area (Å²) >= 11 is 0. The Morgan fingerprint density at radius 3 is 2.25 bits per heavy atom. The van der Waals surface area contributed by atoms with Crippen LogP contribution in [0.1, 0.15) is 20.3 Å².